The molecule has 0 aliphatic rings. The zero-order valence-electron chi connectivity index (χ0n) is 13.3. The molecule has 1 aromatic heterocycles. The first-order chi connectivity index (χ1) is 10.3. The second kappa shape index (κ2) is 7.84. The van der Waals surface area contributed by atoms with Crippen LogP contribution in [-0.2, 0) is 19.6 Å². The molecule has 0 amide bonds. The van der Waals surface area contributed by atoms with Crippen molar-refractivity contribution in [1.82, 2.24) is 14.7 Å². The van der Waals surface area contributed by atoms with Gasteiger partial charge in [0.2, 0.25) is 0 Å². The Kier molecular flexibility index (Phi) is 5.81. The predicted octanol–water partition coefficient (Wildman–Crippen LogP) is 3.36. The summed E-state index contributed by atoms with van der Waals surface area (Å²) in [7, 11) is 0. The van der Waals surface area contributed by atoms with Gasteiger partial charge in [0.15, 0.2) is 0 Å². The van der Waals surface area contributed by atoms with Crippen molar-refractivity contribution in [2.75, 3.05) is 18.4 Å². The van der Waals surface area contributed by atoms with E-state index in [0.717, 1.165) is 32.7 Å². The van der Waals surface area contributed by atoms with Gasteiger partial charge in [0.25, 0.3) is 0 Å². The van der Waals surface area contributed by atoms with Gasteiger partial charge in [-0.3, -0.25) is 9.58 Å². The lowest BCUT2D eigenvalue weighted by Crippen LogP contribution is -2.22. The fraction of sp³-hybridized carbons (Fsp3) is 0.471. The standard InChI is InChI=1S/C17H26N4/c1-4-20(5-2)14-15-9-7-8-10-17(15)18-13-16-11-12-19-21(16)6-3/h7-12,18H,4-6,13-14H2,1-3H3. The molecule has 21 heavy (non-hydrogen) atoms. The van der Waals surface area contributed by atoms with Crippen LogP contribution in [0.4, 0.5) is 5.69 Å². The van der Waals surface area contributed by atoms with Crippen molar-refractivity contribution in [2.45, 2.75) is 40.4 Å². The molecule has 1 heterocycles. The van der Waals surface area contributed by atoms with Crippen LogP contribution in [0.3, 0.4) is 0 Å². The molecule has 0 bridgehead atoms. The Hall–Kier alpha value is -1.81. The fourth-order valence-electron chi connectivity index (χ4n) is 2.50. The molecule has 0 aliphatic heterocycles. The van der Waals surface area contributed by atoms with Crippen molar-refractivity contribution in [3.8, 4) is 0 Å². The number of nitrogens with zero attached hydrogens (tertiary/aromatic N) is 3. The molecular formula is C17H26N4. The Bertz CT molecular complexity index is 543. The monoisotopic (exact) mass is 286 g/mol. The number of para-hydroxylation sites is 1. The lowest BCUT2D eigenvalue weighted by molar-refractivity contribution is 0.296. The molecular weight excluding hydrogens is 260 g/mol. The molecule has 0 spiro atoms. The molecule has 2 rings (SSSR count). The topological polar surface area (TPSA) is 33.1 Å². The van der Waals surface area contributed by atoms with Crippen LogP contribution in [0.25, 0.3) is 0 Å². The summed E-state index contributed by atoms with van der Waals surface area (Å²) in [5.74, 6) is 0. The smallest absolute Gasteiger partial charge is 0.0575 e. The summed E-state index contributed by atoms with van der Waals surface area (Å²) in [6, 6.07) is 10.6. The van der Waals surface area contributed by atoms with Gasteiger partial charge >= 0.3 is 0 Å². The molecule has 114 valence electrons. The summed E-state index contributed by atoms with van der Waals surface area (Å²) in [4.78, 5) is 2.43. The van der Waals surface area contributed by atoms with Crippen LogP contribution in [0.5, 0.6) is 0 Å². The Morgan fingerprint density at radius 3 is 2.57 bits per heavy atom. The van der Waals surface area contributed by atoms with Gasteiger partial charge in [-0.1, -0.05) is 32.0 Å². The summed E-state index contributed by atoms with van der Waals surface area (Å²) >= 11 is 0. The molecule has 2 aromatic rings. The van der Waals surface area contributed by atoms with Crippen LogP contribution in [0.15, 0.2) is 36.5 Å². The third-order valence-electron chi connectivity index (χ3n) is 3.87. The van der Waals surface area contributed by atoms with E-state index >= 15 is 0 Å². The minimum absolute atomic E-state index is 0.809. The molecule has 0 unspecified atom stereocenters. The summed E-state index contributed by atoms with van der Waals surface area (Å²) in [5, 5.41) is 7.87. The Balaban J connectivity index is 2.06. The number of aromatic nitrogens is 2. The van der Waals surface area contributed by atoms with Gasteiger partial charge in [0.05, 0.1) is 12.2 Å². The summed E-state index contributed by atoms with van der Waals surface area (Å²) in [6.07, 6.45) is 1.86. The average molecular weight is 286 g/mol. The van der Waals surface area contributed by atoms with E-state index < -0.39 is 0 Å². The van der Waals surface area contributed by atoms with Crippen molar-refractivity contribution in [1.29, 1.82) is 0 Å². The van der Waals surface area contributed by atoms with Gasteiger partial charge in [0.1, 0.15) is 0 Å². The Morgan fingerprint density at radius 2 is 1.86 bits per heavy atom. The van der Waals surface area contributed by atoms with Crippen molar-refractivity contribution in [2.24, 2.45) is 0 Å². The van der Waals surface area contributed by atoms with Gasteiger partial charge in [-0.2, -0.15) is 5.10 Å². The van der Waals surface area contributed by atoms with E-state index in [0.29, 0.717) is 0 Å². The number of benzene rings is 1. The largest absolute Gasteiger partial charge is 0.379 e. The molecule has 0 saturated carbocycles. The zero-order chi connectivity index (χ0) is 15.1. The predicted molar refractivity (Wildman–Crippen MR) is 88.3 cm³/mol. The number of aryl methyl sites for hydroxylation is 1. The second-order valence-corrected chi connectivity index (χ2v) is 5.11. The molecule has 1 N–H and O–H groups in total. The number of nitrogens with one attached hydrogen (secondary N) is 1. The first-order valence-electron chi connectivity index (χ1n) is 7.83. The van der Waals surface area contributed by atoms with Crippen LogP contribution in [0.1, 0.15) is 32.0 Å². The third kappa shape index (κ3) is 4.08. The van der Waals surface area contributed by atoms with E-state index in [1.807, 2.05) is 10.9 Å². The molecule has 0 atom stereocenters. The maximum Gasteiger partial charge on any atom is 0.0575 e. The molecule has 0 fully saturated rings. The molecule has 0 aliphatic carbocycles. The maximum atomic E-state index is 4.31. The van der Waals surface area contributed by atoms with E-state index in [-0.39, 0.29) is 0 Å². The highest BCUT2D eigenvalue weighted by Crippen LogP contribution is 2.18. The lowest BCUT2D eigenvalue weighted by Gasteiger charge is -2.20. The highest BCUT2D eigenvalue weighted by Gasteiger charge is 2.07. The first kappa shape index (κ1) is 15.6. The van der Waals surface area contributed by atoms with Crippen LogP contribution in [-0.4, -0.2) is 27.8 Å². The summed E-state index contributed by atoms with van der Waals surface area (Å²) in [6.45, 7) is 11.4. The second-order valence-electron chi connectivity index (χ2n) is 5.11. The van der Waals surface area contributed by atoms with Crippen LogP contribution in [0.2, 0.25) is 0 Å². The quantitative estimate of drug-likeness (QED) is 0.808. The Morgan fingerprint density at radius 1 is 1.10 bits per heavy atom. The molecule has 0 radical (unpaired) electrons. The van der Waals surface area contributed by atoms with Crippen molar-refractivity contribution in [3.63, 3.8) is 0 Å². The van der Waals surface area contributed by atoms with E-state index in [9.17, 15) is 0 Å². The minimum Gasteiger partial charge on any atom is -0.379 e. The highest BCUT2D eigenvalue weighted by atomic mass is 15.3. The SMILES string of the molecule is CCN(CC)Cc1ccccc1NCc1ccnn1CC. The van der Waals surface area contributed by atoms with Gasteiger partial charge in [-0.25, -0.2) is 0 Å². The minimum atomic E-state index is 0.809. The zero-order valence-corrected chi connectivity index (χ0v) is 13.3. The number of hydrogen-bond donors (Lipinski definition) is 1. The van der Waals surface area contributed by atoms with Crippen molar-refractivity contribution < 1.29 is 0 Å². The van der Waals surface area contributed by atoms with E-state index in [1.165, 1.54) is 16.9 Å². The lowest BCUT2D eigenvalue weighted by atomic mass is 10.1. The van der Waals surface area contributed by atoms with E-state index in [1.54, 1.807) is 0 Å². The molecule has 4 heteroatoms. The van der Waals surface area contributed by atoms with Crippen LogP contribution >= 0.6 is 0 Å². The average Bonchev–Trinajstić information content (AvgIpc) is 2.99. The van der Waals surface area contributed by atoms with E-state index in [4.69, 9.17) is 0 Å². The van der Waals surface area contributed by atoms with Crippen LogP contribution < -0.4 is 5.32 Å². The van der Waals surface area contributed by atoms with Gasteiger partial charge in [-0.05, 0) is 37.7 Å². The van der Waals surface area contributed by atoms with Crippen LogP contribution in [0, 0.1) is 0 Å². The van der Waals surface area contributed by atoms with Gasteiger partial charge in [0, 0.05) is 25.0 Å². The van der Waals surface area contributed by atoms with Gasteiger partial charge < -0.3 is 5.32 Å². The number of anilines is 1. The summed E-state index contributed by atoms with van der Waals surface area (Å²) < 4.78 is 2.03. The van der Waals surface area contributed by atoms with Crippen molar-refractivity contribution >= 4 is 5.69 Å². The number of hydrogen-bond acceptors (Lipinski definition) is 3. The van der Waals surface area contributed by atoms with Gasteiger partial charge in [-0.15, -0.1) is 0 Å². The van der Waals surface area contributed by atoms with Crippen molar-refractivity contribution in [3.05, 3.63) is 47.8 Å². The first-order valence-corrected chi connectivity index (χ1v) is 7.83. The molecule has 1 aromatic carbocycles. The molecule has 0 saturated heterocycles. The molecule has 4 nitrogen and oxygen atoms in total. The fourth-order valence-corrected chi connectivity index (χ4v) is 2.50. The van der Waals surface area contributed by atoms with E-state index in [2.05, 4.69) is 66.4 Å². The Labute approximate surface area is 127 Å². The highest BCUT2D eigenvalue weighted by molar-refractivity contribution is 5.51. The maximum absolute atomic E-state index is 4.31. The summed E-state index contributed by atoms with van der Waals surface area (Å²) in [5.41, 5.74) is 3.78. The normalized spacial score (nSPS) is 11.0. The number of rotatable bonds is 8. The third-order valence-corrected chi connectivity index (χ3v) is 3.87.